The van der Waals surface area contributed by atoms with E-state index in [1.807, 2.05) is 24.3 Å². The molecular formula is C16H18N2O2. The molecule has 4 heteroatoms. The predicted molar refractivity (Wildman–Crippen MR) is 77.7 cm³/mol. The average molecular weight is 270 g/mol. The van der Waals surface area contributed by atoms with Crippen LogP contribution in [0, 0.1) is 12.8 Å². The third kappa shape index (κ3) is 3.02. The van der Waals surface area contributed by atoms with E-state index in [4.69, 9.17) is 0 Å². The van der Waals surface area contributed by atoms with Crippen LogP contribution in [0.2, 0.25) is 0 Å². The van der Waals surface area contributed by atoms with Gasteiger partial charge in [-0.2, -0.15) is 0 Å². The van der Waals surface area contributed by atoms with Gasteiger partial charge >= 0.3 is 5.97 Å². The molecule has 20 heavy (non-hydrogen) atoms. The average Bonchev–Trinajstić information content (AvgIpc) is 2.38. The zero-order valence-electron chi connectivity index (χ0n) is 11.9. The standard InChI is InChI=1S/C16H18N2O2/c1-10(2)8-12-4-6-13(7-5-12)15-14(16(19)20)11(3)17-9-18-15/h4-7,9-10H,8H2,1-3H3,(H,19,20). The van der Waals surface area contributed by atoms with Crippen LogP contribution < -0.4 is 0 Å². The van der Waals surface area contributed by atoms with Gasteiger partial charge in [0.15, 0.2) is 0 Å². The predicted octanol–water partition coefficient (Wildman–Crippen LogP) is 3.35. The van der Waals surface area contributed by atoms with E-state index in [1.54, 1.807) is 6.92 Å². The highest BCUT2D eigenvalue weighted by molar-refractivity contribution is 5.95. The zero-order valence-corrected chi connectivity index (χ0v) is 11.9. The summed E-state index contributed by atoms with van der Waals surface area (Å²) in [5.74, 6) is -0.402. The van der Waals surface area contributed by atoms with E-state index in [-0.39, 0.29) is 5.56 Å². The van der Waals surface area contributed by atoms with E-state index >= 15 is 0 Å². The third-order valence-electron chi connectivity index (χ3n) is 3.12. The van der Waals surface area contributed by atoms with Crippen LogP contribution in [0.3, 0.4) is 0 Å². The molecule has 104 valence electrons. The van der Waals surface area contributed by atoms with Crippen molar-refractivity contribution in [1.82, 2.24) is 9.97 Å². The number of carboxylic acid groups (broad SMARTS) is 1. The number of carbonyl (C=O) groups is 1. The quantitative estimate of drug-likeness (QED) is 0.925. The molecule has 0 aliphatic heterocycles. The summed E-state index contributed by atoms with van der Waals surface area (Å²) in [5.41, 5.74) is 3.17. The topological polar surface area (TPSA) is 63.1 Å². The number of nitrogens with zero attached hydrogens (tertiary/aromatic N) is 2. The summed E-state index contributed by atoms with van der Waals surface area (Å²) in [4.78, 5) is 19.4. The minimum atomic E-state index is -0.996. The fraction of sp³-hybridized carbons (Fsp3) is 0.312. The SMILES string of the molecule is Cc1ncnc(-c2ccc(CC(C)C)cc2)c1C(=O)O. The zero-order chi connectivity index (χ0) is 14.7. The van der Waals surface area contributed by atoms with Gasteiger partial charge in [-0.05, 0) is 24.8 Å². The molecule has 0 aliphatic carbocycles. The lowest BCUT2D eigenvalue weighted by atomic mass is 9.99. The Morgan fingerprint density at radius 1 is 1.20 bits per heavy atom. The number of rotatable bonds is 4. The highest BCUT2D eigenvalue weighted by atomic mass is 16.4. The molecule has 4 nitrogen and oxygen atoms in total. The summed E-state index contributed by atoms with van der Waals surface area (Å²) < 4.78 is 0. The number of aryl methyl sites for hydroxylation is 1. The Hall–Kier alpha value is -2.23. The number of hydrogen-bond acceptors (Lipinski definition) is 3. The van der Waals surface area contributed by atoms with E-state index in [0.29, 0.717) is 17.3 Å². The summed E-state index contributed by atoms with van der Waals surface area (Å²) in [7, 11) is 0. The van der Waals surface area contributed by atoms with Crippen molar-refractivity contribution in [1.29, 1.82) is 0 Å². The number of aromatic nitrogens is 2. The molecule has 0 amide bonds. The summed E-state index contributed by atoms with van der Waals surface area (Å²) >= 11 is 0. The maximum atomic E-state index is 11.3. The van der Waals surface area contributed by atoms with Crippen molar-refractivity contribution in [2.45, 2.75) is 27.2 Å². The van der Waals surface area contributed by atoms with E-state index in [9.17, 15) is 9.90 Å². The lowest BCUT2D eigenvalue weighted by molar-refractivity contribution is 0.0696. The maximum absolute atomic E-state index is 11.3. The van der Waals surface area contributed by atoms with Crippen LogP contribution in [-0.4, -0.2) is 21.0 Å². The van der Waals surface area contributed by atoms with Gasteiger partial charge in [-0.25, -0.2) is 14.8 Å². The van der Waals surface area contributed by atoms with Crippen molar-refractivity contribution >= 4 is 5.97 Å². The molecule has 0 fully saturated rings. The number of carboxylic acids is 1. The largest absolute Gasteiger partial charge is 0.478 e. The molecule has 0 unspecified atom stereocenters. The number of hydrogen-bond donors (Lipinski definition) is 1. The molecule has 1 aromatic carbocycles. The van der Waals surface area contributed by atoms with Gasteiger partial charge in [0, 0.05) is 5.56 Å². The van der Waals surface area contributed by atoms with Gasteiger partial charge in [0.2, 0.25) is 0 Å². The lowest BCUT2D eigenvalue weighted by Gasteiger charge is -2.09. The highest BCUT2D eigenvalue weighted by Gasteiger charge is 2.16. The van der Waals surface area contributed by atoms with Crippen molar-refractivity contribution < 1.29 is 9.90 Å². The molecule has 0 saturated heterocycles. The first-order valence-electron chi connectivity index (χ1n) is 6.63. The molecule has 2 rings (SSSR count). The van der Waals surface area contributed by atoms with Crippen LogP contribution >= 0.6 is 0 Å². The summed E-state index contributed by atoms with van der Waals surface area (Å²) in [6, 6.07) is 7.90. The lowest BCUT2D eigenvalue weighted by Crippen LogP contribution is -2.06. The fourth-order valence-electron chi connectivity index (χ4n) is 2.22. The monoisotopic (exact) mass is 270 g/mol. The first kappa shape index (κ1) is 14.2. The van der Waals surface area contributed by atoms with Gasteiger partial charge in [-0.1, -0.05) is 38.1 Å². The molecular weight excluding hydrogens is 252 g/mol. The van der Waals surface area contributed by atoms with Crippen molar-refractivity contribution in [3.05, 3.63) is 47.4 Å². The third-order valence-corrected chi connectivity index (χ3v) is 3.12. The van der Waals surface area contributed by atoms with Gasteiger partial charge in [0.05, 0.1) is 11.4 Å². The summed E-state index contributed by atoms with van der Waals surface area (Å²) in [6.45, 7) is 6.02. The van der Waals surface area contributed by atoms with E-state index in [2.05, 4.69) is 23.8 Å². The molecule has 0 bridgehead atoms. The Bertz CT molecular complexity index is 619. The van der Waals surface area contributed by atoms with Gasteiger partial charge in [0.1, 0.15) is 11.9 Å². The molecule has 0 saturated carbocycles. The number of aromatic carboxylic acids is 1. The smallest absolute Gasteiger partial charge is 0.339 e. The second-order valence-corrected chi connectivity index (χ2v) is 5.28. The Labute approximate surface area is 118 Å². The van der Waals surface area contributed by atoms with Crippen LogP contribution in [0.25, 0.3) is 11.3 Å². The minimum absolute atomic E-state index is 0.170. The van der Waals surface area contributed by atoms with Gasteiger partial charge in [-0.15, -0.1) is 0 Å². The number of benzene rings is 1. The highest BCUT2D eigenvalue weighted by Crippen LogP contribution is 2.23. The second kappa shape index (κ2) is 5.82. The van der Waals surface area contributed by atoms with Crippen molar-refractivity contribution in [3.8, 4) is 11.3 Å². The first-order valence-corrected chi connectivity index (χ1v) is 6.63. The summed E-state index contributed by atoms with van der Waals surface area (Å²) in [5, 5.41) is 9.30. The Balaban J connectivity index is 2.42. The Morgan fingerprint density at radius 2 is 1.85 bits per heavy atom. The molecule has 0 radical (unpaired) electrons. The normalized spacial score (nSPS) is 10.8. The second-order valence-electron chi connectivity index (χ2n) is 5.28. The Kier molecular flexibility index (Phi) is 4.13. The molecule has 0 aliphatic rings. The van der Waals surface area contributed by atoms with Crippen molar-refractivity contribution in [3.63, 3.8) is 0 Å². The van der Waals surface area contributed by atoms with Crippen LogP contribution in [-0.2, 0) is 6.42 Å². The van der Waals surface area contributed by atoms with Gasteiger partial charge in [-0.3, -0.25) is 0 Å². The van der Waals surface area contributed by atoms with Crippen LogP contribution in [0.4, 0.5) is 0 Å². The van der Waals surface area contributed by atoms with Crippen molar-refractivity contribution in [2.24, 2.45) is 5.92 Å². The van der Waals surface area contributed by atoms with Gasteiger partial charge < -0.3 is 5.11 Å². The van der Waals surface area contributed by atoms with Crippen molar-refractivity contribution in [2.75, 3.05) is 0 Å². The van der Waals surface area contributed by atoms with Crippen LogP contribution in [0.1, 0.15) is 35.5 Å². The molecule has 1 N–H and O–H groups in total. The fourth-order valence-corrected chi connectivity index (χ4v) is 2.22. The minimum Gasteiger partial charge on any atom is -0.478 e. The molecule has 1 aromatic heterocycles. The Morgan fingerprint density at radius 3 is 2.40 bits per heavy atom. The van der Waals surface area contributed by atoms with E-state index in [1.165, 1.54) is 11.9 Å². The van der Waals surface area contributed by atoms with Gasteiger partial charge in [0.25, 0.3) is 0 Å². The molecule has 2 aromatic rings. The molecule has 0 atom stereocenters. The van der Waals surface area contributed by atoms with E-state index in [0.717, 1.165) is 12.0 Å². The molecule has 0 spiro atoms. The van der Waals surface area contributed by atoms with Crippen LogP contribution in [0.15, 0.2) is 30.6 Å². The molecule has 1 heterocycles. The maximum Gasteiger partial charge on any atom is 0.339 e. The van der Waals surface area contributed by atoms with Crippen LogP contribution in [0.5, 0.6) is 0 Å². The summed E-state index contributed by atoms with van der Waals surface area (Å²) in [6.07, 6.45) is 2.41. The van der Waals surface area contributed by atoms with E-state index < -0.39 is 5.97 Å². The first-order chi connectivity index (χ1) is 9.49.